The summed E-state index contributed by atoms with van der Waals surface area (Å²) in [4.78, 5) is 17.0. The van der Waals surface area contributed by atoms with Crippen molar-refractivity contribution in [2.24, 2.45) is 0 Å². The first-order valence-corrected chi connectivity index (χ1v) is 8.65. The molecule has 1 amide bonds. The van der Waals surface area contributed by atoms with E-state index in [1.54, 1.807) is 6.07 Å². The number of hydrogen-bond acceptors (Lipinski definition) is 1. The lowest BCUT2D eigenvalue weighted by Crippen LogP contribution is -2.38. The zero-order valence-corrected chi connectivity index (χ0v) is 14.2. The van der Waals surface area contributed by atoms with Gasteiger partial charge in [-0.2, -0.15) is 0 Å². The molecule has 0 saturated carbocycles. The molecule has 27 heavy (non-hydrogen) atoms. The van der Waals surface area contributed by atoms with E-state index in [1.807, 2.05) is 6.20 Å². The summed E-state index contributed by atoms with van der Waals surface area (Å²) >= 11 is 0. The number of aromatic nitrogens is 1. The highest BCUT2D eigenvalue weighted by atomic mass is 19.2. The molecule has 0 aliphatic carbocycles. The van der Waals surface area contributed by atoms with E-state index in [0.29, 0.717) is 31.4 Å². The molecule has 3 nitrogen and oxygen atoms in total. The number of amides is 1. The quantitative estimate of drug-likeness (QED) is 0.509. The van der Waals surface area contributed by atoms with Crippen molar-refractivity contribution in [3.63, 3.8) is 0 Å². The highest BCUT2D eigenvalue weighted by molar-refractivity contribution is 5.94. The second-order valence-electron chi connectivity index (χ2n) is 6.72. The van der Waals surface area contributed by atoms with Crippen LogP contribution in [0.3, 0.4) is 0 Å². The third-order valence-corrected chi connectivity index (χ3v) is 5.16. The highest BCUT2D eigenvalue weighted by Gasteiger charge is 2.28. The summed E-state index contributed by atoms with van der Waals surface area (Å²) in [5.41, 5.74) is 1.30. The van der Waals surface area contributed by atoms with Crippen LogP contribution >= 0.6 is 0 Å². The smallest absolute Gasteiger partial charge is 0.256 e. The van der Waals surface area contributed by atoms with Crippen LogP contribution in [-0.2, 0) is 0 Å². The fourth-order valence-electron chi connectivity index (χ4n) is 3.71. The Morgan fingerprint density at radius 1 is 1.00 bits per heavy atom. The molecule has 3 aromatic rings. The van der Waals surface area contributed by atoms with Crippen molar-refractivity contribution in [1.29, 1.82) is 0 Å². The standard InChI is InChI=1S/C20H16F4N2O/c21-12-1-2-13-15(10-25-17(13)9-12)11-5-7-26(8-6-11)20(27)14-3-4-16(22)19(24)18(14)23/h1-4,9-11,25H,5-8H2. The molecule has 7 heteroatoms. The third kappa shape index (κ3) is 3.07. The second kappa shape index (κ2) is 6.72. The summed E-state index contributed by atoms with van der Waals surface area (Å²) < 4.78 is 53.7. The predicted molar refractivity (Wildman–Crippen MR) is 92.5 cm³/mol. The van der Waals surface area contributed by atoms with Gasteiger partial charge in [0.1, 0.15) is 5.82 Å². The molecule has 1 aromatic heterocycles. The lowest BCUT2D eigenvalue weighted by molar-refractivity contribution is 0.0707. The molecule has 1 aliphatic heterocycles. The van der Waals surface area contributed by atoms with Gasteiger partial charge in [-0.05, 0) is 54.7 Å². The molecule has 1 saturated heterocycles. The lowest BCUT2D eigenvalue weighted by Gasteiger charge is -2.32. The number of H-pyrrole nitrogens is 1. The maximum Gasteiger partial charge on any atom is 0.256 e. The molecule has 2 aromatic carbocycles. The van der Waals surface area contributed by atoms with Crippen molar-refractivity contribution in [2.45, 2.75) is 18.8 Å². The second-order valence-corrected chi connectivity index (χ2v) is 6.72. The average molecular weight is 376 g/mol. The highest BCUT2D eigenvalue weighted by Crippen LogP contribution is 2.34. The summed E-state index contributed by atoms with van der Waals surface area (Å²) in [7, 11) is 0. The largest absolute Gasteiger partial charge is 0.361 e. The lowest BCUT2D eigenvalue weighted by atomic mass is 9.89. The number of carbonyl (C=O) groups is 1. The topological polar surface area (TPSA) is 36.1 Å². The van der Waals surface area contributed by atoms with Crippen LogP contribution in [0, 0.1) is 23.3 Å². The van der Waals surface area contributed by atoms with Gasteiger partial charge in [0.25, 0.3) is 5.91 Å². The van der Waals surface area contributed by atoms with Crippen molar-refractivity contribution in [1.82, 2.24) is 9.88 Å². The monoisotopic (exact) mass is 376 g/mol. The summed E-state index contributed by atoms with van der Waals surface area (Å²) in [6.45, 7) is 0.742. The van der Waals surface area contributed by atoms with E-state index in [0.717, 1.165) is 23.1 Å². The Morgan fingerprint density at radius 3 is 2.48 bits per heavy atom. The van der Waals surface area contributed by atoms with E-state index in [-0.39, 0.29) is 11.7 Å². The molecule has 140 valence electrons. The third-order valence-electron chi connectivity index (χ3n) is 5.16. The summed E-state index contributed by atoms with van der Waals surface area (Å²) in [6, 6.07) is 6.29. The van der Waals surface area contributed by atoms with Gasteiger partial charge in [0.15, 0.2) is 17.5 Å². The number of rotatable bonds is 2. The first kappa shape index (κ1) is 17.6. The Labute approximate surface area is 152 Å². The van der Waals surface area contributed by atoms with Gasteiger partial charge in [-0.3, -0.25) is 4.79 Å². The average Bonchev–Trinajstić information content (AvgIpc) is 3.09. The molecule has 1 N–H and O–H groups in total. The van der Waals surface area contributed by atoms with Crippen molar-refractivity contribution < 1.29 is 22.4 Å². The van der Waals surface area contributed by atoms with Crippen molar-refractivity contribution in [2.75, 3.05) is 13.1 Å². The zero-order valence-electron chi connectivity index (χ0n) is 14.2. The Kier molecular flexibility index (Phi) is 4.37. The minimum atomic E-state index is -1.64. The number of likely N-dealkylation sites (tertiary alicyclic amines) is 1. The number of hydrogen-bond donors (Lipinski definition) is 1. The molecular formula is C20H16F4N2O. The fraction of sp³-hybridized carbons (Fsp3) is 0.250. The number of nitrogens with one attached hydrogen (secondary N) is 1. The van der Waals surface area contributed by atoms with Crippen LogP contribution in [0.2, 0.25) is 0 Å². The number of piperidine rings is 1. The molecule has 0 unspecified atom stereocenters. The molecule has 2 heterocycles. The number of fused-ring (bicyclic) bond motifs is 1. The predicted octanol–water partition coefficient (Wildman–Crippen LogP) is 4.74. The minimum absolute atomic E-state index is 0.170. The van der Waals surface area contributed by atoms with Gasteiger partial charge < -0.3 is 9.88 Å². The Morgan fingerprint density at radius 2 is 1.74 bits per heavy atom. The first-order valence-electron chi connectivity index (χ1n) is 8.65. The number of carbonyl (C=O) groups excluding carboxylic acids is 1. The molecule has 0 radical (unpaired) electrons. The normalized spacial score (nSPS) is 15.5. The van der Waals surface area contributed by atoms with Crippen LogP contribution in [0.4, 0.5) is 17.6 Å². The molecule has 0 spiro atoms. The number of benzene rings is 2. The zero-order chi connectivity index (χ0) is 19.1. The maximum absolute atomic E-state index is 13.9. The van der Waals surface area contributed by atoms with Crippen LogP contribution in [0.15, 0.2) is 36.5 Å². The van der Waals surface area contributed by atoms with Crippen LogP contribution in [-0.4, -0.2) is 28.9 Å². The van der Waals surface area contributed by atoms with E-state index in [4.69, 9.17) is 0 Å². The van der Waals surface area contributed by atoms with Gasteiger partial charge in [-0.15, -0.1) is 0 Å². The summed E-state index contributed by atoms with van der Waals surface area (Å²) in [6.07, 6.45) is 3.13. The molecular weight excluding hydrogens is 360 g/mol. The number of nitrogens with zero attached hydrogens (tertiary/aromatic N) is 1. The molecule has 1 fully saturated rings. The molecule has 0 atom stereocenters. The molecule has 0 bridgehead atoms. The van der Waals surface area contributed by atoms with E-state index >= 15 is 0 Å². The Bertz CT molecular complexity index is 1020. The van der Waals surface area contributed by atoms with Crippen molar-refractivity contribution in [3.8, 4) is 0 Å². The summed E-state index contributed by atoms with van der Waals surface area (Å²) in [5.74, 6) is -5.21. The van der Waals surface area contributed by atoms with Gasteiger partial charge in [-0.1, -0.05) is 0 Å². The van der Waals surface area contributed by atoms with Crippen LogP contribution < -0.4 is 0 Å². The number of halogens is 4. The SMILES string of the molecule is O=C(c1ccc(F)c(F)c1F)N1CCC(c2c[nH]c3cc(F)ccc23)CC1. The van der Waals surface area contributed by atoms with E-state index < -0.39 is 28.9 Å². The minimum Gasteiger partial charge on any atom is -0.361 e. The van der Waals surface area contributed by atoms with Crippen LogP contribution in [0.5, 0.6) is 0 Å². The van der Waals surface area contributed by atoms with Crippen LogP contribution in [0.25, 0.3) is 10.9 Å². The molecule has 4 rings (SSSR count). The summed E-state index contributed by atoms with van der Waals surface area (Å²) in [5, 5.41) is 0.938. The Balaban J connectivity index is 1.50. The fourth-order valence-corrected chi connectivity index (χ4v) is 3.71. The van der Waals surface area contributed by atoms with Crippen LogP contribution in [0.1, 0.15) is 34.7 Å². The van der Waals surface area contributed by atoms with Gasteiger partial charge >= 0.3 is 0 Å². The maximum atomic E-state index is 13.9. The van der Waals surface area contributed by atoms with E-state index in [2.05, 4.69) is 4.98 Å². The van der Waals surface area contributed by atoms with Gasteiger partial charge in [0.2, 0.25) is 0 Å². The van der Waals surface area contributed by atoms with Gasteiger partial charge in [0.05, 0.1) is 5.56 Å². The van der Waals surface area contributed by atoms with Crippen molar-refractivity contribution >= 4 is 16.8 Å². The van der Waals surface area contributed by atoms with Gasteiger partial charge in [-0.25, -0.2) is 17.6 Å². The van der Waals surface area contributed by atoms with E-state index in [1.165, 1.54) is 17.0 Å². The Hall–Kier alpha value is -2.83. The number of aromatic amines is 1. The van der Waals surface area contributed by atoms with Gasteiger partial charge in [0, 0.05) is 30.2 Å². The van der Waals surface area contributed by atoms with E-state index in [9.17, 15) is 22.4 Å². The molecule has 1 aliphatic rings. The van der Waals surface area contributed by atoms with Crippen molar-refractivity contribution in [3.05, 3.63) is 70.9 Å². The first-order chi connectivity index (χ1) is 13.0.